The molecule has 6 heteroatoms. The van der Waals surface area contributed by atoms with E-state index >= 15 is 0 Å². The molecule has 1 aromatic carbocycles. The highest BCUT2D eigenvalue weighted by atomic mass is 127. The number of halogens is 1. The van der Waals surface area contributed by atoms with Crippen molar-refractivity contribution < 1.29 is 4.79 Å². The molecule has 0 spiro atoms. The lowest BCUT2D eigenvalue weighted by atomic mass is 10.2. The second kappa shape index (κ2) is 6.04. The van der Waals surface area contributed by atoms with E-state index in [1.807, 2.05) is 36.6 Å². The van der Waals surface area contributed by atoms with Crippen molar-refractivity contribution in [3.05, 3.63) is 26.5 Å². The predicted octanol–water partition coefficient (Wildman–Crippen LogP) is 3.39. The second-order valence-electron chi connectivity index (χ2n) is 4.43. The van der Waals surface area contributed by atoms with E-state index in [0.717, 1.165) is 21.0 Å². The zero-order valence-electron chi connectivity index (χ0n) is 10.9. The third-order valence-electron chi connectivity index (χ3n) is 2.99. The van der Waals surface area contributed by atoms with E-state index in [-0.39, 0.29) is 11.9 Å². The number of fused-ring (bicyclic) bond motifs is 1. The number of carbonyl (C=O) groups is 1. The largest absolute Gasteiger partial charge is 0.354 e. The fraction of sp³-hybridized carbons (Fsp3) is 0.385. The third-order valence-corrected chi connectivity index (χ3v) is 3.96. The van der Waals surface area contributed by atoms with Gasteiger partial charge < -0.3 is 14.9 Å². The first-order chi connectivity index (χ1) is 9.04. The fourth-order valence-corrected chi connectivity index (χ4v) is 2.86. The van der Waals surface area contributed by atoms with E-state index in [0.29, 0.717) is 11.3 Å². The summed E-state index contributed by atoms with van der Waals surface area (Å²) in [5.41, 5.74) is 1.93. The molecule has 0 aliphatic heterocycles. The normalized spacial score (nSPS) is 12.6. The second-order valence-corrected chi connectivity index (χ2v) is 6.06. The maximum Gasteiger partial charge on any atom is 0.242 e. The van der Waals surface area contributed by atoms with Gasteiger partial charge in [0.25, 0.3) is 0 Å². The van der Waals surface area contributed by atoms with Gasteiger partial charge in [0.1, 0.15) is 6.04 Å². The van der Waals surface area contributed by atoms with Crippen molar-refractivity contribution in [1.82, 2.24) is 14.9 Å². The maximum atomic E-state index is 12.1. The number of nitrogens with zero attached hydrogens (tertiary/aromatic N) is 1. The summed E-state index contributed by atoms with van der Waals surface area (Å²) in [6.45, 7) is 4.59. The van der Waals surface area contributed by atoms with Crippen LogP contribution in [0.3, 0.4) is 0 Å². The average Bonchev–Trinajstić information content (AvgIpc) is 2.70. The van der Waals surface area contributed by atoms with Crippen LogP contribution in [0.1, 0.15) is 26.3 Å². The van der Waals surface area contributed by atoms with Gasteiger partial charge in [0.2, 0.25) is 5.91 Å². The molecule has 102 valence electrons. The summed E-state index contributed by atoms with van der Waals surface area (Å²) in [7, 11) is 0. The summed E-state index contributed by atoms with van der Waals surface area (Å²) >= 11 is 7.58. The van der Waals surface area contributed by atoms with Crippen molar-refractivity contribution in [2.45, 2.75) is 26.3 Å². The SMILES string of the molecule is CCCNC(=O)C(C)n1c(=S)[nH]c2cc(I)ccc21. The average molecular weight is 389 g/mol. The summed E-state index contributed by atoms with van der Waals surface area (Å²) in [5.74, 6) is -0.00241. The summed E-state index contributed by atoms with van der Waals surface area (Å²) in [4.78, 5) is 15.2. The Hall–Kier alpha value is -0.890. The molecule has 1 heterocycles. The van der Waals surface area contributed by atoms with Crippen molar-refractivity contribution in [2.24, 2.45) is 0 Å². The zero-order chi connectivity index (χ0) is 14.0. The minimum atomic E-state index is -0.312. The minimum Gasteiger partial charge on any atom is -0.354 e. The van der Waals surface area contributed by atoms with Crippen LogP contribution < -0.4 is 5.32 Å². The quantitative estimate of drug-likeness (QED) is 0.622. The number of hydrogen-bond donors (Lipinski definition) is 2. The molecule has 1 amide bonds. The Bertz CT molecular complexity index is 661. The van der Waals surface area contributed by atoms with Gasteiger partial charge in [-0.1, -0.05) is 6.92 Å². The van der Waals surface area contributed by atoms with Crippen LogP contribution in [0, 0.1) is 8.34 Å². The van der Waals surface area contributed by atoms with Gasteiger partial charge in [-0.3, -0.25) is 4.79 Å². The van der Waals surface area contributed by atoms with Gasteiger partial charge in [0.05, 0.1) is 11.0 Å². The predicted molar refractivity (Wildman–Crippen MR) is 87.9 cm³/mol. The topological polar surface area (TPSA) is 49.8 Å². The maximum absolute atomic E-state index is 12.1. The summed E-state index contributed by atoms with van der Waals surface area (Å²) in [6, 6.07) is 5.72. The van der Waals surface area contributed by atoms with Crippen molar-refractivity contribution in [3.63, 3.8) is 0 Å². The number of carbonyl (C=O) groups excluding carboxylic acids is 1. The van der Waals surface area contributed by atoms with Crippen LogP contribution in [0.5, 0.6) is 0 Å². The van der Waals surface area contributed by atoms with Gasteiger partial charge in [0, 0.05) is 10.1 Å². The molecule has 2 N–H and O–H groups in total. The molecule has 0 saturated carbocycles. The lowest BCUT2D eigenvalue weighted by Gasteiger charge is -2.14. The molecule has 2 rings (SSSR count). The van der Waals surface area contributed by atoms with Crippen LogP contribution in [0.4, 0.5) is 0 Å². The molecule has 0 fully saturated rings. The standard InChI is InChI=1S/C13H16IN3OS/c1-3-6-15-12(18)8(2)17-11-5-4-9(14)7-10(11)16-13(17)19/h4-5,7-8H,3,6H2,1-2H3,(H,15,18)(H,16,19). The molecular weight excluding hydrogens is 373 g/mol. The van der Waals surface area contributed by atoms with Crippen LogP contribution in [-0.2, 0) is 4.79 Å². The smallest absolute Gasteiger partial charge is 0.242 e. The van der Waals surface area contributed by atoms with Crippen LogP contribution in [0.25, 0.3) is 11.0 Å². The molecule has 19 heavy (non-hydrogen) atoms. The van der Waals surface area contributed by atoms with Gasteiger partial charge in [-0.2, -0.15) is 0 Å². The van der Waals surface area contributed by atoms with Crippen LogP contribution >= 0.6 is 34.8 Å². The van der Waals surface area contributed by atoms with Gasteiger partial charge in [-0.05, 0) is 66.4 Å². The van der Waals surface area contributed by atoms with Gasteiger partial charge >= 0.3 is 0 Å². The van der Waals surface area contributed by atoms with Crippen molar-refractivity contribution >= 4 is 51.7 Å². The van der Waals surface area contributed by atoms with Crippen LogP contribution in [0.2, 0.25) is 0 Å². The number of H-pyrrole nitrogens is 1. The molecule has 4 nitrogen and oxygen atoms in total. The number of nitrogens with one attached hydrogen (secondary N) is 2. The third kappa shape index (κ3) is 3.00. The number of imidazole rings is 1. The van der Waals surface area contributed by atoms with Crippen molar-refractivity contribution in [1.29, 1.82) is 0 Å². The molecule has 1 aromatic heterocycles. The molecule has 1 unspecified atom stereocenters. The first-order valence-electron chi connectivity index (χ1n) is 6.22. The number of benzene rings is 1. The minimum absolute atomic E-state index is 0.00241. The first-order valence-corrected chi connectivity index (χ1v) is 7.70. The molecule has 0 aliphatic carbocycles. The number of amides is 1. The Balaban J connectivity index is 2.41. The van der Waals surface area contributed by atoms with E-state index < -0.39 is 0 Å². The lowest BCUT2D eigenvalue weighted by molar-refractivity contribution is -0.123. The number of rotatable bonds is 4. The van der Waals surface area contributed by atoms with Gasteiger partial charge in [-0.15, -0.1) is 0 Å². The van der Waals surface area contributed by atoms with Crippen molar-refractivity contribution in [3.8, 4) is 0 Å². The number of aromatic nitrogens is 2. The van der Waals surface area contributed by atoms with Crippen molar-refractivity contribution in [2.75, 3.05) is 6.54 Å². The van der Waals surface area contributed by atoms with E-state index in [9.17, 15) is 4.79 Å². The molecule has 0 saturated heterocycles. The highest BCUT2D eigenvalue weighted by Crippen LogP contribution is 2.21. The summed E-state index contributed by atoms with van der Waals surface area (Å²) < 4.78 is 3.58. The number of hydrogen-bond acceptors (Lipinski definition) is 2. The molecular formula is C13H16IN3OS. The summed E-state index contributed by atoms with van der Waals surface area (Å²) in [5, 5.41) is 2.90. The molecule has 2 aromatic rings. The highest BCUT2D eigenvalue weighted by molar-refractivity contribution is 14.1. The fourth-order valence-electron chi connectivity index (χ4n) is 2.00. The monoisotopic (exact) mass is 389 g/mol. The van der Waals surface area contributed by atoms with Crippen LogP contribution in [0.15, 0.2) is 18.2 Å². The molecule has 0 radical (unpaired) electrons. The Morgan fingerprint density at radius 2 is 2.32 bits per heavy atom. The van der Waals surface area contributed by atoms with Gasteiger partial charge in [0.15, 0.2) is 4.77 Å². The molecule has 0 aliphatic rings. The van der Waals surface area contributed by atoms with E-state index in [2.05, 4.69) is 32.9 Å². The molecule has 1 atom stereocenters. The Morgan fingerprint density at radius 1 is 1.58 bits per heavy atom. The first kappa shape index (κ1) is 14.5. The lowest BCUT2D eigenvalue weighted by Crippen LogP contribution is -2.31. The highest BCUT2D eigenvalue weighted by Gasteiger charge is 2.17. The van der Waals surface area contributed by atoms with Crippen LogP contribution in [-0.4, -0.2) is 22.0 Å². The van der Waals surface area contributed by atoms with E-state index in [4.69, 9.17) is 12.2 Å². The molecule has 0 bridgehead atoms. The number of aromatic amines is 1. The Labute approximate surface area is 130 Å². The Morgan fingerprint density at radius 3 is 3.00 bits per heavy atom. The summed E-state index contributed by atoms with van der Waals surface area (Å²) in [6.07, 6.45) is 0.927. The van der Waals surface area contributed by atoms with E-state index in [1.54, 1.807) is 0 Å². The van der Waals surface area contributed by atoms with Gasteiger partial charge in [-0.25, -0.2) is 0 Å². The zero-order valence-corrected chi connectivity index (χ0v) is 13.8. The Kier molecular flexibility index (Phi) is 4.62. The van der Waals surface area contributed by atoms with E-state index in [1.165, 1.54) is 0 Å².